The third-order valence-electron chi connectivity index (χ3n) is 5.03. The molecule has 0 saturated heterocycles. The largest absolute Gasteiger partial charge is 0.464 e. The molecule has 28 heavy (non-hydrogen) atoms. The molecule has 0 aliphatic carbocycles. The van der Waals surface area contributed by atoms with Crippen LogP contribution in [-0.4, -0.2) is 35.2 Å². The molecule has 0 spiro atoms. The molecule has 2 aromatic rings. The number of rotatable bonds is 2. The predicted octanol–water partition coefficient (Wildman–Crippen LogP) is 2.53. The average molecular weight is 379 g/mol. The molecule has 2 heterocycles. The smallest absolute Gasteiger partial charge is 0.270 e. The van der Waals surface area contributed by atoms with Gasteiger partial charge in [-0.25, -0.2) is 0 Å². The van der Waals surface area contributed by atoms with E-state index in [2.05, 4.69) is 0 Å². The maximum absolute atomic E-state index is 12.9. The monoisotopic (exact) mass is 379 g/mol. The highest BCUT2D eigenvalue weighted by Crippen LogP contribution is 2.47. The first-order valence-electron chi connectivity index (χ1n) is 8.64. The number of nitrogens with zero attached hydrogens (tertiary/aromatic N) is 3. The number of nitro benzene ring substituents is 1. The van der Waals surface area contributed by atoms with Crippen LogP contribution in [0.1, 0.15) is 18.1 Å². The molecule has 2 aliphatic heterocycles. The van der Waals surface area contributed by atoms with E-state index in [-0.39, 0.29) is 18.1 Å². The van der Waals surface area contributed by atoms with Gasteiger partial charge >= 0.3 is 0 Å². The van der Waals surface area contributed by atoms with E-state index in [4.69, 9.17) is 4.74 Å². The summed E-state index contributed by atoms with van der Waals surface area (Å²) in [6, 6.07) is 13.2. The number of benzene rings is 2. The number of carbonyl (C=O) groups is 2. The number of hydrogen-bond acceptors (Lipinski definition) is 5. The lowest BCUT2D eigenvalue weighted by Crippen LogP contribution is -2.54. The number of allylic oxidation sites excluding steroid dienone is 1. The Bertz CT molecular complexity index is 1030. The van der Waals surface area contributed by atoms with Crippen molar-refractivity contribution in [1.82, 2.24) is 4.90 Å². The van der Waals surface area contributed by atoms with Crippen LogP contribution in [0.3, 0.4) is 0 Å². The Morgan fingerprint density at radius 1 is 1.14 bits per heavy atom. The van der Waals surface area contributed by atoms with Crippen LogP contribution in [-0.2, 0) is 20.1 Å². The molecule has 8 heteroatoms. The Morgan fingerprint density at radius 3 is 2.54 bits per heavy atom. The predicted molar refractivity (Wildman–Crippen MR) is 100 cm³/mol. The van der Waals surface area contributed by atoms with Crippen LogP contribution < -0.4 is 4.90 Å². The molecule has 142 valence electrons. The molecule has 4 rings (SSSR count). The molecule has 2 amide bonds. The van der Waals surface area contributed by atoms with Gasteiger partial charge < -0.3 is 9.64 Å². The van der Waals surface area contributed by atoms with E-state index in [1.807, 2.05) is 6.07 Å². The van der Waals surface area contributed by atoms with Gasteiger partial charge in [0.25, 0.3) is 11.6 Å². The van der Waals surface area contributed by atoms with Crippen molar-refractivity contribution in [3.8, 4) is 0 Å². The first-order chi connectivity index (χ1) is 13.3. The molecule has 1 unspecified atom stereocenters. The van der Waals surface area contributed by atoms with Crippen molar-refractivity contribution >= 4 is 23.2 Å². The second-order valence-corrected chi connectivity index (χ2v) is 6.70. The Morgan fingerprint density at radius 2 is 1.86 bits per heavy atom. The van der Waals surface area contributed by atoms with Gasteiger partial charge in [0.05, 0.1) is 16.2 Å². The maximum atomic E-state index is 12.9. The van der Waals surface area contributed by atoms with Gasteiger partial charge in [-0.15, -0.1) is 0 Å². The van der Waals surface area contributed by atoms with Crippen molar-refractivity contribution in [2.75, 3.05) is 18.5 Å². The van der Waals surface area contributed by atoms with E-state index in [1.54, 1.807) is 38.2 Å². The van der Waals surface area contributed by atoms with Crippen molar-refractivity contribution in [3.05, 3.63) is 81.6 Å². The van der Waals surface area contributed by atoms with Gasteiger partial charge in [-0.3, -0.25) is 24.6 Å². The van der Waals surface area contributed by atoms with Crippen molar-refractivity contribution in [3.63, 3.8) is 0 Å². The molecule has 1 atom stereocenters. The standard InChI is InChI=1S/C20H17N3O5/c1-13-10-18(24)22-12-19(25)21(2)17-9-8-15(23(26)27)11-16(17)20(22,28-13)14-6-4-3-5-7-14/h3-11H,12H2,1-2H3. The number of carbonyl (C=O) groups excluding carboxylic acids is 2. The summed E-state index contributed by atoms with van der Waals surface area (Å²) in [5, 5.41) is 11.4. The number of anilines is 1. The lowest BCUT2D eigenvalue weighted by atomic mass is 9.89. The Labute approximate surface area is 160 Å². The summed E-state index contributed by atoms with van der Waals surface area (Å²) in [4.78, 5) is 39.3. The molecule has 2 aromatic carbocycles. The van der Waals surface area contributed by atoms with E-state index in [1.165, 1.54) is 34.1 Å². The minimum absolute atomic E-state index is 0.153. The highest BCUT2D eigenvalue weighted by atomic mass is 16.6. The fraction of sp³-hybridized carbons (Fsp3) is 0.200. The average Bonchev–Trinajstić information content (AvgIpc) is 2.77. The zero-order chi connectivity index (χ0) is 20.1. The molecule has 0 fully saturated rings. The van der Waals surface area contributed by atoms with E-state index in [0.717, 1.165) is 0 Å². The lowest BCUT2D eigenvalue weighted by Gasteiger charge is -2.45. The fourth-order valence-corrected chi connectivity index (χ4v) is 3.73. The van der Waals surface area contributed by atoms with Gasteiger partial charge in [0.15, 0.2) is 0 Å². The third-order valence-corrected chi connectivity index (χ3v) is 5.03. The number of fused-ring (bicyclic) bond motifs is 3. The number of non-ortho nitro benzene ring substituents is 1. The van der Waals surface area contributed by atoms with Gasteiger partial charge in [0.2, 0.25) is 11.6 Å². The number of hydrogen-bond donors (Lipinski definition) is 0. The molecule has 2 aliphatic rings. The molecule has 8 nitrogen and oxygen atoms in total. The number of amides is 2. The maximum Gasteiger partial charge on any atom is 0.270 e. The van der Waals surface area contributed by atoms with Crippen LogP contribution in [0.5, 0.6) is 0 Å². The first kappa shape index (κ1) is 17.7. The molecular weight excluding hydrogens is 362 g/mol. The quantitative estimate of drug-likeness (QED) is 0.590. The highest BCUT2D eigenvalue weighted by Gasteiger charge is 2.52. The van der Waals surface area contributed by atoms with Crippen molar-refractivity contribution < 1.29 is 19.2 Å². The van der Waals surface area contributed by atoms with E-state index < -0.39 is 16.6 Å². The van der Waals surface area contributed by atoms with Gasteiger partial charge in [-0.05, 0) is 13.0 Å². The topological polar surface area (TPSA) is 93.0 Å². The number of ether oxygens (including phenoxy) is 1. The summed E-state index contributed by atoms with van der Waals surface area (Å²) >= 11 is 0. The second kappa shape index (κ2) is 6.19. The Kier molecular flexibility index (Phi) is 3.92. The van der Waals surface area contributed by atoms with Crippen molar-refractivity contribution in [2.45, 2.75) is 12.6 Å². The number of nitro groups is 1. The minimum Gasteiger partial charge on any atom is -0.464 e. The van der Waals surface area contributed by atoms with Crippen molar-refractivity contribution in [2.24, 2.45) is 0 Å². The molecule has 0 N–H and O–H groups in total. The molecule has 0 radical (unpaired) electrons. The van der Waals surface area contributed by atoms with Crippen LogP contribution in [0, 0.1) is 10.1 Å². The highest BCUT2D eigenvalue weighted by molar-refractivity contribution is 6.01. The van der Waals surface area contributed by atoms with E-state index >= 15 is 0 Å². The second-order valence-electron chi connectivity index (χ2n) is 6.70. The Balaban J connectivity index is 2.12. The fourth-order valence-electron chi connectivity index (χ4n) is 3.73. The minimum atomic E-state index is -1.49. The van der Waals surface area contributed by atoms with Crippen molar-refractivity contribution in [1.29, 1.82) is 0 Å². The first-order valence-corrected chi connectivity index (χ1v) is 8.64. The van der Waals surface area contributed by atoms with Gasteiger partial charge in [0.1, 0.15) is 12.3 Å². The lowest BCUT2D eigenvalue weighted by molar-refractivity contribution is -0.385. The van der Waals surface area contributed by atoms with E-state index in [0.29, 0.717) is 22.6 Å². The normalized spacial score (nSPS) is 21.3. The molecule has 0 aromatic heterocycles. The van der Waals surface area contributed by atoms with Crippen LogP contribution in [0.15, 0.2) is 60.4 Å². The SMILES string of the molecule is CC1=CC(=O)N2CC(=O)N(C)c3ccc([N+](=O)[O-])cc3C2(c2ccccc2)O1. The van der Waals surface area contributed by atoms with Gasteiger partial charge in [0, 0.05) is 30.8 Å². The van der Waals surface area contributed by atoms with Crippen LogP contribution in [0.2, 0.25) is 0 Å². The molecule has 0 saturated carbocycles. The van der Waals surface area contributed by atoms with Crippen LogP contribution in [0.4, 0.5) is 11.4 Å². The summed E-state index contributed by atoms with van der Waals surface area (Å²) < 4.78 is 6.24. The number of likely N-dealkylation sites (N-methyl/N-ethyl adjacent to an activating group) is 1. The van der Waals surface area contributed by atoms with Gasteiger partial charge in [-0.1, -0.05) is 30.3 Å². The summed E-state index contributed by atoms with van der Waals surface area (Å²) in [6.45, 7) is 1.42. The van der Waals surface area contributed by atoms with Crippen LogP contribution >= 0.6 is 0 Å². The summed E-state index contributed by atoms with van der Waals surface area (Å²) in [5.41, 5.74) is -0.231. The van der Waals surface area contributed by atoms with Crippen LogP contribution in [0.25, 0.3) is 0 Å². The zero-order valence-electron chi connectivity index (χ0n) is 15.3. The summed E-state index contributed by atoms with van der Waals surface area (Å²) in [5.74, 6) is -0.355. The van der Waals surface area contributed by atoms with E-state index in [9.17, 15) is 19.7 Å². The summed E-state index contributed by atoms with van der Waals surface area (Å²) in [7, 11) is 1.58. The third kappa shape index (κ3) is 2.45. The molecular formula is C20H17N3O5. The van der Waals surface area contributed by atoms with Gasteiger partial charge in [-0.2, -0.15) is 0 Å². The Hall–Kier alpha value is -3.68. The zero-order valence-corrected chi connectivity index (χ0v) is 15.3. The molecule has 0 bridgehead atoms. The summed E-state index contributed by atoms with van der Waals surface area (Å²) in [6.07, 6.45) is 1.32.